The number of benzene rings is 2. The Kier molecular flexibility index (Phi) is 7.77. The Labute approximate surface area is 195 Å². The lowest BCUT2D eigenvalue weighted by molar-refractivity contribution is 0.0378. The van der Waals surface area contributed by atoms with Gasteiger partial charge in [-0.15, -0.1) is 0 Å². The fraction of sp³-hybridized carbons (Fsp3) is 0.308. The standard InChI is InChI=1S/C26H31N3O4/c1-17(2)33-26(30)21-8-10-23(11-9-21)29-18(3)13-22(19(29)4)16-28-27-15-20-7-12-24(31-5)25(14-20)32-6/h7-14,16-17,27H,15H2,1-6H3/b28-16-. The summed E-state index contributed by atoms with van der Waals surface area (Å²) >= 11 is 0. The van der Waals surface area contributed by atoms with Crippen LogP contribution in [-0.2, 0) is 11.3 Å². The molecule has 3 aromatic rings. The van der Waals surface area contributed by atoms with Crippen molar-refractivity contribution in [2.75, 3.05) is 14.2 Å². The second-order valence-electron chi connectivity index (χ2n) is 7.95. The van der Waals surface area contributed by atoms with Crippen LogP contribution >= 0.6 is 0 Å². The van der Waals surface area contributed by atoms with Crippen LogP contribution in [0, 0.1) is 13.8 Å². The second-order valence-corrected chi connectivity index (χ2v) is 7.95. The highest BCUT2D eigenvalue weighted by Gasteiger charge is 2.12. The highest BCUT2D eigenvalue weighted by Crippen LogP contribution is 2.27. The number of aryl methyl sites for hydroxylation is 1. The van der Waals surface area contributed by atoms with E-state index < -0.39 is 0 Å². The normalized spacial score (nSPS) is 11.1. The number of ether oxygens (including phenoxy) is 3. The molecule has 1 heterocycles. The van der Waals surface area contributed by atoms with E-state index >= 15 is 0 Å². The molecule has 33 heavy (non-hydrogen) atoms. The van der Waals surface area contributed by atoms with Gasteiger partial charge in [-0.1, -0.05) is 6.07 Å². The van der Waals surface area contributed by atoms with Crippen molar-refractivity contribution in [2.24, 2.45) is 5.10 Å². The van der Waals surface area contributed by atoms with Crippen LogP contribution in [0.3, 0.4) is 0 Å². The molecule has 1 N–H and O–H groups in total. The molecule has 0 spiro atoms. The van der Waals surface area contributed by atoms with Gasteiger partial charge in [0.25, 0.3) is 0 Å². The molecule has 3 rings (SSSR count). The molecular formula is C26H31N3O4. The second kappa shape index (κ2) is 10.7. The van der Waals surface area contributed by atoms with Crippen LogP contribution in [0.15, 0.2) is 53.6 Å². The number of hydrogen-bond acceptors (Lipinski definition) is 6. The minimum Gasteiger partial charge on any atom is -0.493 e. The number of carbonyl (C=O) groups excluding carboxylic acids is 1. The lowest BCUT2D eigenvalue weighted by Crippen LogP contribution is -2.11. The van der Waals surface area contributed by atoms with Crippen LogP contribution in [0.4, 0.5) is 0 Å². The van der Waals surface area contributed by atoms with Crippen LogP contribution in [0.25, 0.3) is 5.69 Å². The van der Waals surface area contributed by atoms with Gasteiger partial charge in [0.15, 0.2) is 11.5 Å². The summed E-state index contributed by atoms with van der Waals surface area (Å²) < 4.78 is 18.0. The zero-order valence-electron chi connectivity index (χ0n) is 20.0. The lowest BCUT2D eigenvalue weighted by atomic mass is 10.2. The third kappa shape index (κ3) is 5.74. The first-order valence-electron chi connectivity index (χ1n) is 10.8. The summed E-state index contributed by atoms with van der Waals surface area (Å²) in [7, 11) is 3.24. The predicted molar refractivity (Wildman–Crippen MR) is 130 cm³/mol. The van der Waals surface area contributed by atoms with E-state index in [1.165, 1.54) is 0 Å². The van der Waals surface area contributed by atoms with E-state index in [9.17, 15) is 4.79 Å². The van der Waals surface area contributed by atoms with E-state index in [0.717, 1.165) is 28.2 Å². The number of carbonyl (C=O) groups is 1. The van der Waals surface area contributed by atoms with Gasteiger partial charge in [0.05, 0.1) is 38.6 Å². The van der Waals surface area contributed by atoms with Crippen molar-refractivity contribution in [3.8, 4) is 17.2 Å². The number of esters is 1. The molecule has 0 radical (unpaired) electrons. The first-order chi connectivity index (χ1) is 15.8. The summed E-state index contributed by atoms with van der Waals surface area (Å²) in [6.07, 6.45) is 1.67. The van der Waals surface area contributed by atoms with Gasteiger partial charge in [-0.2, -0.15) is 5.10 Å². The summed E-state index contributed by atoms with van der Waals surface area (Å²) in [4.78, 5) is 12.1. The van der Waals surface area contributed by atoms with Gasteiger partial charge < -0.3 is 24.2 Å². The monoisotopic (exact) mass is 449 g/mol. The van der Waals surface area contributed by atoms with Crippen molar-refractivity contribution in [1.29, 1.82) is 0 Å². The molecule has 0 saturated carbocycles. The van der Waals surface area contributed by atoms with E-state index in [4.69, 9.17) is 14.2 Å². The summed E-state index contributed by atoms with van der Waals surface area (Å²) in [5, 5.41) is 4.39. The fourth-order valence-electron chi connectivity index (χ4n) is 3.59. The van der Waals surface area contributed by atoms with E-state index in [0.29, 0.717) is 23.6 Å². The molecule has 7 nitrogen and oxygen atoms in total. The SMILES string of the molecule is COc1ccc(CN/N=C\c2cc(C)n(-c3ccc(C(=O)OC(C)C)cc3)c2C)cc1OC. The summed E-state index contributed by atoms with van der Waals surface area (Å²) in [5.74, 6) is 1.07. The molecule has 0 unspecified atom stereocenters. The largest absolute Gasteiger partial charge is 0.493 e. The molecule has 0 aliphatic heterocycles. The number of nitrogens with one attached hydrogen (secondary N) is 1. The third-order valence-electron chi connectivity index (χ3n) is 5.20. The van der Waals surface area contributed by atoms with Gasteiger partial charge in [-0.3, -0.25) is 0 Å². The molecule has 0 atom stereocenters. The summed E-state index contributed by atoms with van der Waals surface area (Å²) in [6.45, 7) is 8.32. The molecule has 0 amide bonds. The van der Waals surface area contributed by atoms with Crippen molar-refractivity contribution < 1.29 is 19.0 Å². The molecular weight excluding hydrogens is 418 g/mol. The Morgan fingerprint density at radius 3 is 2.36 bits per heavy atom. The first kappa shape index (κ1) is 23.9. The maximum atomic E-state index is 12.1. The Hall–Kier alpha value is -3.74. The van der Waals surface area contributed by atoms with Crippen molar-refractivity contribution in [2.45, 2.75) is 40.3 Å². The van der Waals surface area contributed by atoms with Gasteiger partial charge >= 0.3 is 5.97 Å². The Morgan fingerprint density at radius 2 is 1.73 bits per heavy atom. The van der Waals surface area contributed by atoms with E-state index in [1.807, 2.05) is 64.2 Å². The zero-order chi connectivity index (χ0) is 24.0. The van der Waals surface area contributed by atoms with Crippen molar-refractivity contribution >= 4 is 12.2 Å². The Bertz CT molecular complexity index is 1130. The van der Waals surface area contributed by atoms with E-state index in [-0.39, 0.29) is 12.1 Å². The number of aromatic nitrogens is 1. The van der Waals surface area contributed by atoms with Gasteiger partial charge in [0.2, 0.25) is 0 Å². The third-order valence-corrected chi connectivity index (χ3v) is 5.20. The zero-order valence-corrected chi connectivity index (χ0v) is 20.0. The van der Waals surface area contributed by atoms with Crippen LogP contribution in [0.5, 0.6) is 11.5 Å². The van der Waals surface area contributed by atoms with Gasteiger partial charge in [-0.25, -0.2) is 4.79 Å². The van der Waals surface area contributed by atoms with Gasteiger partial charge in [0.1, 0.15) is 0 Å². The minimum atomic E-state index is -0.314. The molecule has 0 bridgehead atoms. The lowest BCUT2D eigenvalue weighted by Gasteiger charge is -2.11. The fourth-order valence-corrected chi connectivity index (χ4v) is 3.59. The van der Waals surface area contributed by atoms with Crippen LogP contribution in [0.1, 0.15) is 46.7 Å². The van der Waals surface area contributed by atoms with Crippen molar-refractivity contribution in [3.63, 3.8) is 0 Å². The number of methoxy groups -OCH3 is 2. The predicted octanol–water partition coefficient (Wildman–Crippen LogP) is 4.80. The van der Waals surface area contributed by atoms with Crippen LogP contribution < -0.4 is 14.9 Å². The number of hydrogen-bond donors (Lipinski definition) is 1. The van der Waals surface area contributed by atoms with Crippen LogP contribution in [0.2, 0.25) is 0 Å². The molecule has 2 aromatic carbocycles. The molecule has 174 valence electrons. The van der Waals surface area contributed by atoms with Crippen LogP contribution in [-0.4, -0.2) is 37.1 Å². The highest BCUT2D eigenvalue weighted by molar-refractivity contribution is 5.89. The first-order valence-corrected chi connectivity index (χ1v) is 10.8. The van der Waals surface area contributed by atoms with E-state index in [2.05, 4.69) is 21.2 Å². The molecule has 0 saturated heterocycles. The number of rotatable bonds is 9. The van der Waals surface area contributed by atoms with E-state index in [1.54, 1.807) is 26.4 Å². The van der Waals surface area contributed by atoms with Gasteiger partial charge in [0, 0.05) is 22.6 Å². The average Bonchev–Trinajstić information content (AvgIpc) is 3.09. The molecule has 0 fully saturated rings. The quantitative estimate of drug-likeness (QED) is 0.289. The van der Waals surface area contributed by atoms with Crippen molar-refractivity contribution in [3.05, 3.63) is 76.6 Å². The molecule has 0 aliphatic rings. The highest BCUT2D eigenvalue weighted by atomic mass is 16.5. The summed E-state index contributed by atoms with van der Waals surface area (Å²) in [6, 6.07) is 15.3. The minimum absolute atomic E-state index is 0.145. The Morgan fingerprint density at radius 1 is 1.03 bits per heavy atom. The van der Waals surface area contributed by atoms with Crippen molar-refractivity contribution in [1.82, 2.24) is 9.99 Å². The van der Waals surface area contributed by atoms with Gasteiger partial charge in [-0.05, 0) is 75.7 Å². The molecule has 0 aliphatic carbocycles. The number of nitrogens with zero attached hydrogens (tertiary/aromatic N) is 2. The maximum Gasteiger partial charge on any atom is 0.338 e. The molecule has 1 aromatic heterocycles. The summed E-state index contributed by atoms with van der Waals surface area (Å²) in [5.41, 5.74) is 8.77. The number of hydrazone groups is 1. The smallest absolute Gasteiger partial charge is 0.338 e. The maximum absolute atomic E-state index is 12.1. The topological polar surface area (TPSA) is 74.1 Å². The molecule has 7 heteroatoms. The average molecular weight is 450 g/mol. The Balaban J connectivity index is 1.69.